The van der Waals surface area contributed by atoms with E-state index in [-0.39, 0.29) is 17.3 Å². The molecular weight excluding hydrogens is 609 g/mol. The van der Waals surface area contributed by atoms with E-state index in [1.807, 2.05) is 6.20 Å². The second-order valence-electron chi connectivity index (χ2n) is 12.6. The van der Waals surface area contributed by atoms with Gasteiger partial charge in [-0.15, -0.1) is 0 Å². The van der Waals surface area contributed by atoms with Gasteiger partial charge in [0.05, 0.1) is 12.8 Å². The number of carboxylic acid groups (broad SMARTS) is 3. The maximum Gasteiger partial charge on any atom is 0.336 e. The van der Waals surface area contributed by atoms with Crippen molar-refractivity contribution < 1.29 is 44.0 Å². The molecule has 1 aliphatic rings. The molecule has 1 heterocycles. The molecule has 3 aromatic rings. The number of aromatic amines is 1. The van der Waals surface area contributed by atoms with Crippen LogP contribution in [-0.4, -0.2) is 80.4 Å². The molecule has 1 fully saturated rings. The topological polar surface area (TPSA) is 180 Å². The lowest BCUT2D eigenvalue weighted by Crippen LogP contribution is -2.45. The summed E-state index contributed by atoms with van der Waals surface area (Å²) >= 11 is 0. The van der Waals surface area contributed by atoms with Crippen molar-refractivity contribution in [3.63, 3.8) is 0 Å². The van der Waals surface area contributed by atoms with Crippen LogP contribution in [0.15, 0.2) is 54.7 Å². The highest BCUT2D eigenvalue weighted by atomic mass is 19.1. The van der Waals surface area contributed by atoms with Gasteiger partial charge in [0, 0.05) is 35.6 Å². The van der Waals surface area contributed by atoms with E-state index in [2.05, 4.69) is 59.6 Å². The van der Waals surface area contributed by atoms with Gasteiger partial charge in [0.25, 0.3) is 0 Å². The van der Waals surface area contributed by atoms with Gasteiger partial charge in [-0.1, -0.05) is 36.8 Å². The van der Waals surface area contributed by atoms with Crippen molar-refractivity contribution in [2.24, 2.45) is 5.92 Å². The van der Waals surface area contributed by atoms with Crippen LogP contribution in [0.4, 0.5) is 4.39 Å². The van der Waals surface area contributed by atoms with E-state index in [0.717, 1.165) is 74.4 Å². The first-order valence-corrected chi connectivity index (χ1v) is 15.9. The zero-order chi connectivity index (χ0) is 34.6. The molecule has 1 aliphatic carbocycles. The van der Waals surface area contributed by atoms with Crippen LogP contribution in [0, 0.1) is 11.7 Å². The van der Waals surface area contributed by atoms with E-state index in [1.165, 1.54) is 11.6 Å². The Morgan fingerprint density at radius 3 is 2.17 bits per heavy atom. The molecule has 256 valence electrons. The predicted molar refractivity (Wildman–Crippen MR) is 174 cm³/mol. The molecule has 0 radical (unpaired) electrons. The minimum Gasteiger partial charge on any atom is -0.481 e. The Morgan fingerprint density at radius 1 is 0.957 bits per heavy atom. The number of halogens is 1. The van der Waals surface area contributed by atoms with Gasteiger partial charge in [-0.3, -0.25) is 19.3 Å². The van der Waals surface area contributed by atoms with E-state index in [0.29, 0.717) is 12.3 Å². The largest absolute Gasteiger partial charge is 0.481 e. The molecular formula is C35H46FN3O8. The maximum absolute atomic E-state index is 13.5. The summed E-state index contributed by atoms with van der Waals surface area (Å²) in [5.41, 5.74) is 0.904. The number of carbonyl (C=O) groups is 4. The van der Waals surface area contributed by atoms with Crippen molar-refractivity contribution in [1.29, 1.82) is 0 Å². The van der Waals surface area contributed by atoms with Crippen molar-refractivity contribution in [1.82, 2.24) is 15.2 Å². The first kappa shape index (κ1) is 37.2. The van der Waals surface area contributed by atoms with Crippen LogP contribution >= 0.6 is 0 Å². The molecule has 0 aliphatic heterocycles. The lowest BCUT2D eigenvalue weighted by molar-refractivity contribution is -0.170. The Balaban J connectivity index is 0.000000392. The standard InChI is InChI=1S/C29H38FN3O.C6H8O7/c1-33(2)29(24-10-6-4-7-11-24)17-15-22(16-18-29)20-32-28(34)12-8-3-5-9-23-21-31-27-14-13-25(30)19-26(23)27;7-3(8)1-6(13,5(11)12)2-4(9)10/h4,6-7,10-11,13-14,19,21-22,31H,3,5,8-9,12,15-18,20H2,1-2H3,(H,32,34);13H,1-2H2,(H,7,8)(H,9,10)(H,11,12). The molecule has 2 aromatic carbocycles. The highest BCUT2D eigenvalue weighted by molar-refractivity contribution is 5.88. The summed E-state index contributed by atoms with van der Waals surface area (Å²) in [6, 6.07) is 15.7. The number of fused-ring (bicyclic) bond motifs is 1. The van der Waals surface area contributed by atoms with Gasteiger partial charge in [-0.25, -0.2) is 9.18 Å². The van der Waals surface area contributed by atoms with Crippen LogP contribution in [0.2, 0.25) is 0 Å². The summed E-state index contributed by atoms with van der Waals surface area (Å²) in [4.78, 5) is 48.5. The summed E-state index contributed by atoms with van der Waals surface area (Å²) in [5.74, 6) is -4.49. The van der Waals surface area contributed by atoms with Gasteiger partial charge in [0.15, 0.2) is 5.60 Å². The van der Waals surface area contributed by atoms with Crippen LogP contribution in [0.25, 0.3) is 10.9 Å². The molecule has 1 saturated carbocycles. The fraction of sp³-hybridized carbons (Fsp3) is 0.486. The van der Waals surface area contributed by atoms with Gasteiger partial charge in [0.1, 0.15) is 5.82 Å². The van der Waals surface area contributed by atoms with Crippen molar-refractivity contribution in [2.45, 2.75) is 81.8 Å². The highest BCUT2D eigenvalue weighted by Gasteiger charge is 2.41. The van der Waals surface area contributed by atoms with E-state index in [9.17, 15) is 23.6 Å². The van der Waals surface area contributed by atoms with Crippen LogP contribution in [0.1, 0.15) is 75.3 Å². The fourth-order valence-corrected chi connectivity index (χ4v) is 6.30. The van der Waals surface area contributed by atoms with Crippen LogP contribution in [0.3, 0.4) is 0 Å². The second kappa shape index (κ2) is 17.0. The Hall–Kier alpha value is -4.29. The summed E-state index contributed by atoms with van der Waals surface area (Å²) in [6.07, 6.45) is 8.61. The smallest absolute Gasteiger partial charge is 0.336 e. The van der Waals surface area contributed by atoms with E-state index in [4.69, 9.17) is 20.4 Å². The highest BCUT2D eigenvalue weighted by Crippen LogP contribution is 2.42. The van der Waals surface area contributed by atoms with Gasteiger partial charge in [-0.05, 0) is 94.3 Å². The molecule has 1 aromatic heterocycles. The summed E-state index contributed by atoms with van der Waals surface area (Å²) in [6.45, 7) is 0.790. The average molecular weight is 656 g/mol. The number of nitrogens with zero attached hydrogens (tertiary/aromatic N) is 1. The lowest BCUT2D eigenvalue weighted by atomic mass is 9.72. The minimum atomic E-state index is -2.74. The molecule has 0 bridgehead atoms. The molecule has 1 amide bonds. The quantitative estimate of drug-likeness (QED) is 0.124. The van der Waals surface area contributed by atoms with E-state index in [1.54, 1.807) is 12.1 Å². The third-order valence-corrected chi connectivity index (χ3v) is 9.05. The van der Waals surface area contributed by atoms with E-state index >= 15 is 0 Å². The number of aliphatic hydroxyl groups is 1. The number of aryl methyl sites for hydroxylation is 1. The van der Waals surface area contributed by atoms with Crippen LogP contribution < -0.4 is 5.32 Å². The van der Waals surface area contributed by atoms with Crippen molar-refractivity contribution in [3.05, 3.63) is 71.7 Å². The molecule has 0 spiro atoms. The third-order valence-electron chi connectivity index (χ3n) is 9.05. The molecule has 0 saturated heterocycles. The van der Waals surface area contributed by atoms with Crippen molar-refractivity contribution in [2.75, 3.05) is 20.6 Å². The number of hydrogen-bond donors (Lipinski definition) is 6. The van der Waals surface area contributed by atoms with Gasteiger partial charge < -0.3 is 30.7 Å². The Kier molecular flexibility index (Phi) is 13.5. The van der Waals surface area contributed by atoms with Crippen LogP contribution in [0.5, 0.6) is 0 Å². The molecule has 6 N–H and O–H groups in total. The third kappa shape index (κ3) is 10.6. The number of hydrogen-bond acceptors (Lipinski definition) is 6. The molecule has 11 nitrogen and oxygen atoms in total. The van der Waals surface area contributed by atoms with Gasteiger partial charge >= 0.3 is 17.9 Å². The number of benzene rings is 2. The number of H-pyrrole nitrogens is 1. The summed E-state index contributed by atoms with van der Waals surface area (Å²) in [5, 5.41) is 38.0. The second-order valence-corrected chi connectivity index (χ2v) is 12.6. The minimum absolute atomic E-state index is 0.109. The average Bonchev–Trinajstić information content (AvgIpc) is 3.41. The Bertz CT molecular complexity index is 1480. The summed E-state index contributed by atoms with van der Waals surface area (Å²) < 4.78 is 13.5. The predicted octanol–water partition coefficient (Wildman–Crippen LogP) is 4.92. The first-order chi connectivity index (χ1) is 22.3. The number of carbonyl (C=O) groups excluding carboxylic acids is 1. The van der Waals surface area contributed by atoms with E-state index < -0.39 is 36.4 Å². The van der Waals surface area contributed by atoms with Crippen molar-refractivity contribution in [3.8, 4) is 0 Å². The monoisotopic (exact) mass is 655 g/mol. The zero-order valence-electron chi connectivity index (χ0n) is 27.0. The number of aromatic nitrogens is 1. The zero-order valence-corrected chi connectivity index (χ0v) is 27.0. The molecule has 4 rings (SSSR count). The van der Waals surface area contributed by atoms with Crippen molar-refractivity contribution >= 4 is 34.7 Å². The Labute approximate surface area is 273 Å². The number of unbranched alkanes of at least 4 members (excludes halogenated alkanes) is 2. The van der Waals surface area contributed by atoms with Crippen LogP contribution in [-0.2, 0) is 31.1 Å². The first-order valence-electron chi connectivity index (χ1n) is 15.9. The Morgan fingerprint density at radius 2 is 1.60 bits per heavy atom. The molecule has 12 heteroatoms. The van der Waals surface area contributed by atoms with Gasteiger partial charge in [0.2, 0.25) is 5.91 Å². The number of carboxylic acids is 3. The maximum atomic E-state index is 13.5. The lowest BCUT2D eigenvalue weighted by Gasteiger charge is -2.45. The molecule has 0 unspecified atom stereocenters. The van der Waals surface area contributed by atoms with Gasteiger partial charge in [-0.2, -0.15) is 0 Å². The molecule has 47 heavy (non-hydrogen) atoms. The normalized spacial score (nSPS) is 17.9. The summed E-state index contributed by atoms with van der Waals surface area (Å²) in [7, 11) is 4.37. The molecule has 0 atom stereocenters. The fourth-order valence-electron chi connectivity index (χ4n) is 6.30. The number of nitrogens with one attached hydrogen (secondary N) is 2. The number of aliphatic carboxylic acids is 3. The number of amides is 1. The SMILES string of the molecule is CN(C)C1(c2ccccc2)CCC(CNC(=O)CCCCCc2c[nH]c3ccc(F)cc23)CC1.O=C(O)CC(O)(CC(=O)O)C(=O)O. The number of rotatable bonds is 15.